The van der Waals surface area contributed by atoms with E-state index in [1.165, 1.54) is 11.1 Å². The van der Waals surface area contributed by atoms with Gasteiger partial charge in [0.2, 0.25) is 5.91 Å². The molecule has 22 heavy (non-hydrogen) atoms. The lowest BCUT2D eigenvalue weighted by atomic mass is 9.98. The number of benzene rings is 1. The van der Waals surface area contributed by atoms with Crippen LogP contribution in [-0.4, -0.2) is 27.3 Å². The third-order valence-electron chi connectivity index (χ3n) is 3.63. The van der Waals surface area contributed by atoms with Crippen LogP contribution in [0.25, 0.3) is 0 Å². The van der Waals surface area contributed by atoms with Gasteiger partial charge in [-0.1, -0.05) is 11.6 Å². The van der Waals surface area contributed by atoms with Crippen molar-refractivity contribution in [2.24, 2.45) is 0 Å². The largest absolute Gasteiger partial charge is 0.335 e. The molecule has 2 aromatic rings. The third kappa shape index (κ3) is 2.81. The van der Waals surface area contributed by atoms with Crippen LogP contribution in [0.15, 0.2) is 18.3 Å². The summed E-state index contributed by atoms with van der Waals surface area (Å²) in [5.41, 5.74) is 0.268. The van der Waals surface area contributed by atoms with Crippen molar-refractivity contribution in [1.82, 2.24) is 14.9 Å². The minimum Gasteiger partial charge on any atom is -0.335 e. The Morgan fingerprint density at radius 1 is 1.32 bits per heavy atom. The standard InChI is InChI=1S/C14H11ClF3N3O/c15-11-4-19-12(20-11)6-21-5-8(3-13(21)22)7-1-9(16)14(18)10(17)2-7/h1-2,4,8H,3,5-6H2,(H,19,20). The summed E-state index contributed by atoms with van der Waals surface area (Å²) in [5.74, 6) is -4.03. The number of carbonyl (C=O) groups excluding carboxylic acids is 1. The van der Waals surface area contributed by atoms with Gasteiger partial charge in [0, 0.05) is 18.9 Å². The number of aromatic nitrogens is 2. The number of amides is 1. The molecule has 1 saturated heterocycles. The van der Waals surface area contributed by atoms with Crippen molar-refractivity contribution in [3.63, 3.8) is 0 Å². The van der Waals surface area contributed by atoms with Gasteiger partial charge >= 0.3 is 0 Å². The zero-order chi connectivity index (χ0) is 15.9. The molecule has 1 aromatic carbocycles. The van der Waals surface area contributed by atoms with Crippen molar-refractivity contribution in [2.45, 2.75) is 18.9 Å². The average molecular weight is 330 g/mol. The molecular weight excluding hydrogens is 319 g/mol. The summed E-state index contributed by atoms with van der Waals surface area (Å²) in [5, 5.41) is 0.362. The van der Waals surface area contributed by atoms with E-state index in [0.717, 1.165) is 12.1 Å². The van der Waals surface area contributed by atoms with Crippen LogP contribution in [0.2, 0.25) is 5.15 Å². The lowest BCUT2D eigenvalue weighted by molar-refractivity contribution is -0.128. The van der Waals surface area contributed by atoms with E-state index >= 15 is 0 Å². The van der Waals surface area contributed by atoms with Gasteiger partial charge in [-0.15, -0.1) is 0 Å². The van der Waals surface area contributed by atoms with Crippen LogP contribution in [-0.2, 0) is 11.3 Å². The van der Waals surface area contributed by atoms with Crippen molar-refractivity contribution in [3.05, 3.63) is 52.3 Å². The highest BCUT2D eigenvalue weighted by atomic mass is 35.5. The van der Waals surface area contributed by atoms with E-state index in [0.29, 0.717) is 11.0 Å². The SMILES string of the molecule is O=C1CC(c2cc(F)c(F)c(F)c2)CN1Cc1ncc(Cl)[nH]1. The highest BCUT2D eigenvalue weighted by molar-refractivity contribution is 6.29. The maximum Gasteiger partial charge on any atom is 0.223 e. The molecule has 0 radical (unpaired) electrons. The lowest BCUT2D eigenvalue weighted by Gasteiger charge is -2.15. The van der Waals surface area contributed by atoms with Gasteiger partial charge in [-0.05, 0) is 17.7 Å². The molecule has 1 aliphatic heterocycles. The number of halogens is 4. The highest BCUT2D eigenvalue weighted by Crippen LogP contribution is 2.30. The highest BCUT2D eigenvalue weighted by Gasteiger charge is 2.32. The average Bonchev–Trinajstić information content (AvgIpc) is 3.03. The first-order valence-electron chi connectivity index (χ1n) is 6.55. The Morgan fingerprint density at radius 3 is 2.59 bits per heavy atom. The van der Waals surface area contributed by atoms with Gasteiger partial charge in [-0.2, -0.15) is 0 Å². The summed E-state index contributed by atoms with van der Waals surface area (Å²) in [6, 6.07) is 1.87. The van der Waals surface area contributed by atoms with Crippen molar-refractivity contribution in [2.75, 3.05) is 6.54 Å². The molecule has 0 bridgehead atoms. The Morgan fingerprint density at radius 2 is 2.00 bits per heavy atom. The van der Waals surface area contributed by atoms with Crippen molar-refractivity contribution in [1.29, 1.82) is 0 Å². The molecule has 0 spiro atoms. The smallest absolute Gasteiger partial charge is 0.223 e. The third-order valence-corrected chi connectivity index (χ3v) is 3.82. The van der Waals surface area contributed by atoms with Crippen molar-refractivity contribution >= 4 is 17.5 Å². The van der Waals surface area contributed by atoms with Crippen molar-refractivity contribution in [3.8, 4) is 0 Å². The second-order valence-corrected chi connectivity index (χ2v) is 5.56. The van der Waals surface area contributed by atoms with Crippen LogP contribution in [0.4, 0.5) is 13.2 Å². The molecule has 3 rings (SSSR count). The minimum absolute atomic E-state index is 0.110. The molecule has 8 heteroatoms. The number of aromatic amines is 1. The minimum atomic E-state index is -1.50. The van der Waals surface area contributed by atoms with Gasteiger partial charge in [0.1, 0.15) is 11.0 Å². The molecule has 1 N–H and O–H groups in total. The number of imidazole rings is 1. The topological polar surface area (TPSA) is 49.0 Å². The number of H-pyrrole nitrogens is 1. The summed E-state index contributed by atoms with van der Waals surface area (Å²) in [4.78, 5) is 20.3. The van der Waals surface area contributed by atoms with E-state index in [-0.39, 0.29) is 36.9 Å². The summed E-state index contributed by atoms with van der Waals surface area (Å²) in [6.07, 6.45) is 1.54. The van der Waals surface area contributed by atoms with Crippen LogP contribution in [0.3, 0.4) is 0 Å². The molecule has 0 aliphatic carbocycles. The molecule has 1 amide bonds. The predicted molar refractivity (Wildman–Crippen MR) is 72.7 cm³/mol. The maximum atomic E-state index is 13.3. The molecule has 4 nitrogen and oxygen atoms in total. The number of carbonyl (C=O) groups is 1. The van der Waals surface area contributed by atoms with Crippen LogP contribution in [0.5, 0.6) is 0 Å². The molecule has 2 heterocycles. The maximum absolute atomic E-state index is 13.3. The molecule has 0 saturated carbocycles. The second kappa shape index (κ2) is 5.64. The van der Waals surface area contributed by atoms with E-state index in [9.17, 15) is 18.0 Å². The number of likely N-dealkylation sites (tertiary alicyclic amines) is 1. The zero-order valence-corrected chi connectivity index (χ0v) is 12.0. The monoisotopic (exact) mass is 329 g/mol. The molecule has 1 fully saturated rings. The molecule has 116 valence electrons. The molecule has 1 aliphatic rings. The van der Waals surface area contributed by atoms with E-state index in [4.69, 9.17) is 11.6 Å². The summed E-state index contributed by atoms with van der Waals surface area (Å²) in [6.45, 7) is 0.510. The number of hydrogen-bond donors (Lipinski definition) is 1. The fourth-order valence-corrected chi connectivity index (χ4v) is 2.72. The molecular formula is C14H11ClF3N3O. The van der Waals surface area contributed by atoms with E-state index in [1.54, 1.807) is 0 Å². The Labute approximate surface area is 128 Å². The lowest BCUT2D eigenvalue weighted by Crippen LogP contribution is -2.25. The number of nitrogens with zero attached hydrogens (tertiary/aromatic N) is 2. The summed E-state index contributed by atoms with van der Waals surface area (Å²) >= 11 is 5.72. The predicted octanol–water partition coefficient (Wildman–Crippen LogP) is 3.00. The number of rotatable bonds is 3. The van der Waals surface area contributed by atoms with E-state index in [2.05, 4.69) is 9.97 Å². The van der Waals surface area contributed by atoms with Gasteiger partial charge in [-0.25, -0.2) is 18.2 Å². The Kier molecular flexibility index (Phi) is 3.82. The second-order valence-electron chi connectivity index (χ2n) is 5.15. The van der Waals surface area contributed by atoms with Crippen LogP contribution < -0.4 is 0 Å². The van der Waals surface area contributed by atoms with Crippen molar-refractivity contribution < 1.29 is 18.0 Å². The van der Waals surface area contributed by atoms with Gasteiger partial charge in [0.05, 0.1) is 12.7 Å². The van der Waals surface area contributed by atoms with Gasteiger partial charge in [0.15, 0.2) is 17.5 Å². The Balaban J connectivity index is 1.77. The number of nitrogens with one attached hydrogen (secondary N) is 1. The van der Waals surface area contributed by atoms with Crippen LogP contribution in [0.1, 0.15) is 23.7 Å². The van der Waals surface area contributed by atoms with E-state index in [1.807, 2.05) is 0 Å². The fourth-order valence-electron chi connectivity index (χ4n) is 2.56. The Hall–Kier alpha value is -2.02. The van der Waals surface area contributed by atoms with Crippen LogP contribution >= 0.6 is 11.6 Å². The molecule has 1 unspecified atom stereocenters. The first-order valence-corrected chi connectivity index (χ1v) is 6.93. The Bertz CT molecular complexity index is 711. The first-order chi connectivity index (χ1) is 10.4. The summed E-state index contributed by atoms with van der Waals surface area (Å²) < 4.78 is 39.6. The quantitative estimate of drug-likeness (QED) is 0.880. The van der Waals surface area contributed by atoms with Gasteiger partial charge in [0.25, 0.3) is 0 Å². The zero-order valence-electron chi connectivity index (χ0n) is 11.2. The molecule has 1 aromatic heterocycles. The van der Waals surface area contributed by atoms with Gasteiger partial charge in [-0.3, -0.25) is 4.79 Å². The van der Waals surface area contributed by atoms with Gasteiger partial charge < -0.3 is 9.88 Å². The van der Waals surface area contributed by atoms with E-state index < -0.39 is 17.5 Å². The fraction of sp³-hybridized carbons (Fsp3) is 0.286. The summed E-state index contributed by atoms with van der Waals surface area (Å²) in [7, 11) is 0. The number of hydrogen-bond acceptors (Lipinski definition) is 2. The normalized spacial score (nSPS) is 18.3. The first kappa shape index (κ1) is 14.9. The van der Waals surface area contributed by atoms with Crippen LogP contribution in [0, 0.1) is 17.5 Å². The molecule has 1 atom stereocenters.